The van der Waals surface area contributed by atoms with Crippen LogP contribution in [0.1, 0.15) is 26.5 Å². The summed E-state index contributed by atoms with van der Waals surface area (Å²) in [7, 11) is -3.80. The van der Waals surface area contributed by atoms with Crippen LogP contribution in [-0.2, 0) is 10.0 Å². The number of aliphatic hydroxyl groups excluding tert-OH is 1. The van der Waals surface area contributed by atoms with Crippen LogP contribution in [-0.4, -0.2) is 30.2 Å². The Morgan fingerprint density at radius 2 is 2.00 bits per heavy atom. The fourth-order valence-electron chi connectivity index (χ4n) is 1.12. The van der Waals surface area contributed by atoms with Gasteiger partial charge < -0.3 is 10.1 Å². The quantitative estimate of drug-likeness (QED) is 0.732. The van der Waals surface area contributed by atoms with Crippen LogP contribution in [0.15, 0.2) is 9.00 Å². The molecule has 1 heterocycles. The Kier molecular flexibility index (Phi) is 3.82. The maximum absolute atomic E-state index is 12.0. The van der Waals surface area contributed by atoms with Crippen molar-refractivity contribution in [1.29, 1.82) is 0 Å². The van der Waals surface area contributed by atoms with Gasteiger partial charge in [0, 0.05) is 5.69 Å². The zero-order valence-corrected chi connectivity index (χ0v) is 11.7. The van der Waals surface area contributed by atoms with E-state index in [0.717, 1.165) is 0 Å². The molecule has 1 aromatic heterocycles. The summed E-state index contributed by atoms with van der Waals surface area (Å²) in [6.07, 6.45) is -0.853. The average molecular weight is 280 g/mol. The third kappa shape index (κ3) is 3.15. The Hall–Kier alpha value is -0.700. The number of aromatic nitrogens is 1. The Morgan fingerprint density at radius 3 is 2.35 bits per heavy atom. The highest BCUT2D eigenvalue weighted by atomic mass is 32.2. The van der Waals surface area contributed by atoms with Crippen LogP contribution in [0.4, 0.5) is 0 Å². The van der Waals surface area contributed by atoms with Gasteiger partial charge in [-0.05, 0) is 27.7 Å². The van der Waals surface area contributed by atoms with Crippen LogP contribution in [0.3, 0.4) is 0 Å². The molecule has 0 aliphatic heterocycles. The number of aliphatic hydroxyl groups is 1. The molecule has 0 amide bonds. The molecule has 0 fully saturated rings. The number of aryl methyl sites for hydroxylation is 1. The highest BCUT2D eigenvalue weighted by Crippen LogP contribution is 2.19. The second kappa shape index (κ2) is 4.52. The van der Waals surface area contributed by atoms with Gasteiger partial charge in [-0.15, -0.1) is 0 Å². The molecular weight excluding hydrogens is 264 g/mol. The molecule has 1 aromatic rings. The second-order valence-corrected chi connectivity index (χ2v) is 7.29. The van der Waals surface area contributed by atoms with Crippen LogP contribution in [0.25, 0.3) is 0 Å². The summed E-state index contributed by atoms with van der Waals surface area (Å²) in [5, 5.41) is 9.47. The van der Waals surface area contributed by atoms with Crippen molar-refractivity contribution in [1.82, 2.24) is 9.71 Å². The lowest BCUT2D eigenvalue weighted by molar-refractivity contribution is 0.112. The van der Waals surface area contributed by atoms with Gasteiger partial charge in [0.25, 0.3) is 10.0 Å². The van der Waals surface area contributed by atoms with E-state index in [1.54, 1.807) is 13.8 Å². The molecule has 0 bridgehead atoms. The third-order valence-electron chi connectivity index (χ3n) is 2.47. The van der Waals surface area contributed by atoms with E-state index in [0.29, 0.717) is 17.0 Å². The third-order valence-corrected chi connectivity index (χ3v) is 5.74. The normalized spacial score (nSPS) is 14.9. The van der Waals surface area contributed by atoms with Crippen molar-refractivity contribution in [3.63, 3.8) is 0 Å². The maximum Gasteiger partial charge on any atom is 0.305 e. The van der Waals surface area contributed by atoms with E-state index in [4.69, 9.17) is 0 Å². The topological polar surface area (TPSA) is 99.3 Å². The van der Waals surface area contributed by atoms with E-state index >= 15 is 0 Å². The Balaban J connectivity index is 3.14. The summed E-state index contributed by atoms with van der Waals surface area (Å²) in [5.41, 5.74) is -0.702. The number of hydrogen-bond donors (Lipinski definition) is 3. The van der Waals surface area contributed by atoms with Crippen LogP contribution < -0.4 is 9.60 Å². The molecule has 1 atom stereocenters. The lowest BCUT2D eigenvalue weighted by Gasteiger charge is -2.28. The van der Waals surface area contributed by atoms with E-state index < -0.39 is 26.5 Å². The fraction of sp³-hybridized carbons (Fsp3) is 0.667. The molecule has 0 aromatic carbocycles. The Labute approximate surface area is 104 Å². The molecule has 8 heteroatoms. The lowest BCUT2D eigenvalue weighted by atomic mass is 10.0. The van der Waals surface area contributed by atoms with E-state index in [9.17, 15) is 18.3 Å². The Morgan fingerprint density at radius 1 is 1.47 bits per heavy atom. The van der Waals surface area contributed by atoms with Gasteiger partial charge in [0.15, 0.2) is 4.21 Å². The molecule has 17 heavy (non-hydrogen) atoms. The standard InChI is InChI=1S/C9H16N2O4S2/c1-5-7(16-8(13)10-5)17(14,15)11-9(3,4)6(2)12/h6,11-12H,1-4H3,(H,10,13). The first kappa shape index (κ1) is 14.4. The minimum Gasteiger partial charge on any atom is -0.391 e. The van der Waals surface area contributed by atoms with Gasteiger partial charge in [-0.1, -0.05) is 11.3 Å². The molecule has 0 aliphatic rings. The summed E-state index contributed by atoms with van der Waals surface area (Å²) in [4.78, 5) is 13.1. The minimum atomic E-state index is -3.80. The van der Waals surface area contributed by atoms with Gasteiger partial charge in [-0.3, -0.25) is 4.79 Å². The molecule has 1 rings (SSSR count). The number of nitrogens with one attached hydrogen (secondary N) is 2. The largest absolute Gasteiger partial charge is 0.391 e. The molecule has 6 nitrogen and oxygen atoms in total. The zero-order valence-electron chi connectivity index (χ0n) is 10.1. The Bertz CT molecular complexity index is 554. The molecule has 0 radical (unpaired) electrons. The van der Waals surface area contributed by atoms with Gasteiger partial charge in [0.05, 0.1) is 11.6 Å². The predicted octanol–water partition coefficient (Wildman–Crippen LogP) is 0.183. The SMILES string of the molecule is Cc1[nH]c(=O)sc1S(=O)(=O)NC(C)(C)C(C)O. The van der Waals surface area contributed by atoms with E-state index in [-0.39, 0.29) is 4.21 Å². The van der Waals surface area contributed by atoms with Gasteiger partial charge in [0.2, 0.25) is 0 Å². The minimum absolute atomic E-state index is 0.0452. The number of thiazole rings is 1. The molecule has 0 spiro atoms. The first-order chi connectivity index (χ1) is 7.56. The van der Waals surface area contributed by atoms with Crippen molar-refractivity contribution in [2.45, 2.75) is 43.5 Å². The van der Waals surface area contributed by atoms with Crippen molar-refractivity contribution >= 4 is 21.4 Å². The molecule has 0 aliphatic carbocycles. The molecule has 3 N–H and O–H groups in total. The molecule has 0 saturated carbocycles. The van der Waals surface area contributed by atoms with Gasteiger partial charge in [-0.25, -0.2) is 13.1 Å². The predicted molar refractivity (Wildman–Crippen MR) is 65.8 cm³/mol. The van der Waals surface area contributed by atoms with E-state index in [2.05, 4.69) is 9.71 Å². The molecule has 1 unspecified atom stereocenters. The molecular formula is C9H16N2O4S2. The maximum atomic E-state index is 12.0. The second-order valence-electron chi connectivity index (χ2n) is 4.43. The number of sulfonamides is 1. The van der Waals surface area contributed by atoms with Crippen molar-refractivity contribution < 1.29 is 13.5 Å². The summed E-state index contributed by atoms with van der Waals surface area (Å²) in [6, 6.07) is 0. The van der Waals surface area contributed by atoms with Crippen LogP contribution >= 0.6 is 11.3 Å². The van der Waals surface area contributed by atoms with E-state index in [1.165, 1.54) is 13.8 Å². The van der Waals surface area contributed by atoms with E-state index in [1.807, 2.05) is 0 Å². The zero-order chi connectivity index (χ0) is 13.4. The van der Waals surface area contributed by atoms with Gasteiger partial charge in [-0.2, -0.15) is 0 Å². The fourth-order valence-corrected chi connectivity index (χ4v) is 3.90. The average Bonchev–Trinajstić information content (AvgIpc) is 2.43. The smallest absolute Gasteiger partial charge is 0.305 e. The highest BCUT2D eigenvalue weighted by Gasteiger charge is 2.32. The van der Waals surface area contributed by atoms with Crippen LogP contribution in [0.2, 0.25) is 0 Å². The monoisotopic (exact) mass is 280 g/mol. The molecule has 0 saturated heterocycles. The number of aromatic amines is 1. The summed E-state index contributed by atoms with van der Waals surface area (Å²) >= 11 is 0.630. The molecule has 98 valence electrons. The first-order valence-corrected chi connectivity index (χ1v) is 7.28. The number of H-pyrrole nitrogens is 1. The first-order valence-electron chi connectivity index (χ1n) is 4.98. The highest BCUT2D eigenvalue weighted by molar-refractivity contribution is 7.91. The summed E-state index contributed by atoms with van der Waals surface area (Å²) < 4.78 is 26.4. The van der Waals surface area contributed by atoms with Crippen molar-refractivity contribution in [2.24, 2.45) is 0 Å². The number of rotatable bonds is 4. The van der Waals surface area contributed by atoms with Gasteiger partial charge >= 0.3 is 4.87 Å². The number of hydrogen-bond acceptors (Lipinski definition) is 5. The van der Waals surface area contributed by atoms with Gasteiger partial charge in [0.1, 0.15) is 0 Å². The van der Waals surface area contributed by atoms with Crippen molar-refractivity contribution in [3.05, 3.63) is 15.4 Å². The summed E-state index contributed by atoms with van der Waals surface area (Å²) in [6.45, 7) is 6.15. The van der Waals surface area contributed by atoms with Crippen molar-refractivity contribution in [2.75, 3.05) is 0 Å². The lowest BCUT2D eigenvalue weighted by Crippen LogP contribution is -2.50. The van der Waals surface area contributed by atoms with Crippen molar-refractivity contribution in [3.8, 4) is 0 Å². The summed E-state index contributed by atoms with van der Waals surface area (Å²) in [5.74, 6) is 0. The van der Waals surface area contributed by atoms with Crippen LogP contribution in [0, 0.1) is 6.92 Å². The van der Waals surface area contributed by atoms with Crippen LogP contribution in [0.5, 0.6) is 0 Å².